The summed E-state index contributed by atoms with van der Waals surface area (Å²) in [6.07, 6.45) is 8.56. The molecule has 1 saturated heterocycles. The number of aromatic nitrogens is 2. The number of hydrogen-bond donors (Lipinski definition) is 0. The Morgan fingerprint density at radius 2 is 1.70 bits per heavy atom. The van der Waals surface area contributed by atoms with Crippen LogP contribution < -0.4 is 9.64 Å². The Labute approximate surface area is 164 Å². The van der Waals surface area contributed by atoms with Gasteiger partial charge in [0.15, 0.2) is 10.8 Å². The van der Waals surface area contributed by atoms with Crippen LogP contribution in [0, 0.1) is 0 Å². The zero-order chi connectivity index (χ0) is 18.2. The van der Waals surface area contributed by atoms with E-state index in [2.05, 4.69) is 29.2 Å². The number of nitrogens with zero attached hydrogens (tertiary/aromatic N) is 3. The van der Waals surface area contributed by atoms with E-state index in [0.29, 0.717) is 0 Å². The second-order valence-electron chi connectivity index (χ2n) is 7.54. The van der Waals surface area contributed by atoms with Crippen LogP contribution in [0.5, 0.6) is 5.75 Å². The Hall–Kier alpha value is -2.14. The predicted octanol–water partition coefficient (Wildman–Crippen LogP) is 5.24. The van der Waals surface area contributed by atoms with Gasteiger partial charge in [0.05, 0.1) is 11.8 Å². The van der Waals surface area contributed by atoms with Crippen LogP contribution in [0.3, 0.4) is 0 Å². The van der Waals surface area contributed by atoms with Crippen molar-refractivity contribution in [1.29, 1.82) is 0 Å². The second-order valence-corrected chi connectivity index (χ2v) is 8.52. The summed E-state index contributed by atoms with van der Waals surface area (Å²) in [5, 5.41) is 1.15. The Balaban J connectivity index is 1.68. The highest BCUT2D eigenvalue weighted by Crippen LogP contribution is 2.41. The lowest BCUT2D eigenvalue weighted by Crippen LogP contribution is -2.29. The molecule has 2 aromatic heterocycles. The van der Waals surface area contributed by atoms with Gasteiger partial charge in [-0.2, -0.15) is 4.98 Å². The van der Waals surface area contributed by atoms with Crippen LogP contribution in [0.4, 0.5) is 5.13 Å². The van der Waals surface area contributed by atoms with Crippen molar-refractivity contribution in [2.24, 2.45) is 0 Å². The number of aryl methyl sites for hydroxylation is 1. The van der Waals surface area contributed by atoms with Gasteiger partial charge in [0.25, 0.3) is 0 Å². The van der Waals surface area contributed by atoms with Gasteiger partial charge in [0.2, 0.25) is 0 Å². The molecule has 4 nitrogen and oxygen atoms in total. The van der Waals surface area contributed by atoms with Gasteiger partial charge in [-0.3, -0.25) is 0 Å². The normalized spacial score (nSPS) is 17.1. The first-order chi connectivity index (χ1) is 13.3. The molecule has 1 aliphatic carbocycles. The number of methoxy groups -OCH3 is 1. The first-order valence-corrected chi connectivity index (χ1v) is 10.9. The van der Waals surface area contributed by atoms with Gasteiger partial charge >= 0.3 is 0 Å². The van der Waals surface area contributed by atoms with E-state index in [1.165, 1.54) is 59.2 Å². The van der Waals surface area contributed by atoms with Gasteiger partial charge in [-0.25, -0.2) is 4.98 Å². The Morgan fingerprint density at radius 1 is 0.926 bits per heavy atom. The molecule has 27 heavy (non-hydrogen) atoms. The molecule has 0 amide bonds. The van der Waals surface area contributed by atoms with Crippen molar-refractivity contribution in [3.8, 4) is 16.9 Å². The quantitative estimate of drug-likeness (QED) is 0.624. The topological polar surface area (TPSA) is 38.3 Å². The van der Waals surface area contributed by atoms with Gasteiger partial charge < -0.3 is 9.64 Å². The van der Waals surface area contributed by atoms with Crippen molar-refractivity contribution in [1.82, 2.24) is 9.97 Å². The molecule has 1 aromatic carbocycles. The molecule has 3 aromatic rings. The van der Waals surface area contributed by atoms with Crippen LogP contribution in [0.25, 0.3) is 21.5 Å². The number of rotatable bonds is 3. The molecule has 1 aliphatic heterocycles. The molecule has 0 unspecified atom stereocenters. The van der Waals surface area contributed by atoms with Crippen molar-refractivity contribution in [2.45, 2.75) is 44.9 Å². The minimum absolute atomic E-state index is 0.899. The van der Waals surface area contributed by atoms with Crippen molar-refractivity contribution in [3.63, 3.8) is 0 Å². The highest BCUT2D eigenvalue weighted by atomic mass is 32.1. The average molecular weight is 380 g/mol. The monoisotopic (exact) mass is 379 g/mol. The van der Waals surface area contributed by atoms with Crippen molar-refractivity contribution in [3.05, 3.63) is 35.5 Å². The summed E-state index contributed by atoms with van der Waals surface area (Å²) in [5.41, 5.74) is 6.25. The molecule has 0 spiro atoms. The highest BCUT2D eigenvalue weighted by molar-refractivity contribution is 7.22. The minimum Gasteiger partial charge on any atom is -0.497 e. The molecule has 5 heteroatoms. The van der Waals surface area contributed by atoms with Crippen LogP contribution >= 0.6 is 11.3 Å². The molecule has 2 aliphatic rings. The van der Waals surface area contributed by atoms with Gasteiger partial charge in [0, 0.05) is 24.3 Å². The maximum Gasteiger partial charge on any atom is 0.188 e. The number of ether oxygens (including phenoxy) is 1. The summed E-state index contributed by atoms with van der Waals surface area (Å²) in [6, 6.07) is 8.48. The molecule has 140 valence electrons. The van der Waals surface area contributed by atoms with Crippen molar-refractivity contribution in [2.75, 3.05) is 25.1 Å². The third-order valence-corrected chi connectivity index (χ3v) is 6.93. The highest BCUT2D eigenvalue weighted by Gasteiger charge is 2.23. The van der Waals surface area contributed by atoms with E-state index in [4.69, 9.17) is 14.7 Å². The smallest absolute Gasteiger partial charge is 0.188 e. The van der Waals surface area contributed by atoms with Gasteiger partial charge in [-0.15, -0.1) is 0 Å². The number of hydrogen-bond acceptors (Lipinski definition) is 5. The van der Waals surface area contributed by atoms with E-state index in [9.17, 15) is 0 Å². The molecule has 0 saturated carbocycles. The van der Waals surface area contributed by atoms with E-state index >= 15 is 0 Å². The standard InChI is InChI=1S/C22H25N3OS/c1-26-16-11-9-15(10-12-16)19-17-7-3-4-8-18(17)23-21-20(19)27-22(24-21)25-13-5-2-6-14-25/h9-12H,2-8,13-14H2,1H3. The zero-order valence-electron chi connectivity index (χ0n) is 15.8. The fourth-order valence-corrected chi connectivity index (χ4v) is 5.52. The molecule has 0 N–H and O–H groups in total. The Bertz CT molecular complexity index is 958. The first-order valence-electron chi connectivity index (χ1n) is 10.0. The van der Waals surface area contributed by atoms with Crippen LogP contribution in [0.15, 0.2) is 24.3 Å². The van der Waals surface area contributed by atoms with Gasteiger partial charge in [0.1, 0.15) is 5.75 Å². The zero-order valence-corrected chi connectivity index (χ0v) is 16.6. The van der Waals surface area contributed by atoms with Gasteiger partial charge in [-0.05, 0) is 68.2 Å². The molecule has 0 radical (unpaired) electrons. The lowest BCUT2D eigenvalue weighted by Gasteiger charge is -2.25. The summed E-state index contributed by atoms with van der Waals surface area (Å²) < 4.78 is 6.61. The fraction of sp³-hybridized carbons (Fsp3) is 0.455. The van der Waals surface area contributed by atoms with Crippen molar-refractivity contribution < 1.29 is 4.74 Å². The van der Waals surface area contributed by atoms with Crippen LogP contribution in [0.2, 0.25) is 0 Å². The molecule has 5 rings (SSSR count). The van der Waals surface area contributed by atoms with E-state index in [-0.39, 0.29) is 0 Å². The van der Waals surface area contributed by atoms with Crippen LogP contribution in [-0.2, 0) is 12.8 Å². The summed E-state index contributed by atoms with van der Waals surface area (Å²) in [4.78, 5) is 12.4. The maximum absolute atomic E-state index is 5.36. The summed E-state index contributed by atoms with van der Waals surface area (Å²) in [5.74, 6) is 0.899. The lowest BCUT2D eigenvalue weighted by molar-refractivity contribution is 0.415. The van der Waals surface area contributed by atoms with Crippen LogP contribution in [-0.4, -0.2) is 30.2 Å². The van der Waals surface area contributed by atoms with E-state index in [1.54, 1.807) is 7.11 Å². The van der Waals surface area contributed by atoms with E-state index < -0.39 is 0 Å². The van der Waals surface area contributed by atoms with E-state index in [1.807, 2.05) is 11.3 Å². The lowest BCUT2D eigenvalue weighted by atomic mass is 9.89. The third kappa shape index (κ3) is 3.08. The van der Waals surface area contributed by atoms with Crippen LogP contribution in [0.1, 0.15) is 43.4 Å². The molecule has 0 bridgehead atoms. The first kappa shape index (κ1) is 17.0. The number of thiazole rings is 1. The molecule has 1 fully saturated rings. The number of fused-ring (bicyclic) bond motifs is 2. The number of benzene rings is 1. The van der Waals surface area contributed by atoms with Gasteiger partial charge in [-0.1, -0.05) is 23.5 Å². The number of piperidine rings is 1. The summed E-state index contributed by atoms with van der Waals surface area (Å²) in [7, 11) is 1.72. The molecular formula is C22H25N3OS. The average Bonchev–Trinajstić information content (AvgIpc) is 3.16. The SMILES string of the molecule is COc1ccc(-c2c3c(nc4nc(N5CCCCC5)sc24)CCCC3)cc1. The maximum atomic E-state index is 5.36. The third-order valence-electron chi connectivity index (χ3n) is 5.81. The minimum atomic E-state index is 0.899. The molecule has 3 heterocycles. The van der Waals surface area contributed by atoms with E-state index in [0.717, 1.165) is 42.5 Å². The van der Waals surface area contributed by atoms with Crippen molar-refractivity contribution >= 4 is 26.8 Å². The Morgan fingerprint density at radius 3 is 2.48 bits per heavy atom. The predicted molar refractivity (Wildman–Crippen MR) is 112 cm³/mol. The summed E-state index contributed by atoms with van der Waals surface area (Å²) in [6.45, 7) is 2.24. The Kier molecular flexibility index (Phi) is 4.48. The number of pyridine rings is 1. The largest absolute Gasteiger partial charge is 0.497 e. The second kappa shape index (κ2) is 7.12. The number of anilines is 1. The fourth-order valence-electron chi connectivity index (χ4n) is 4.37. The molecule has 0 atom stereocenters. The molecular weight excluding hydrogens is 354 g/mol. The summed E-state index contributed by atoms with van der Waals surface area (Å²) >= 11 is 1.83.